The van der Waals surface area contributed by atoms with Crippen LogP contribution in [0.3, 0.4) is 0 Å². The zero-order chi connectivity index (χ0) is 19.2. The van der Waals surface area contributed by atoms with Crippen molar-refractivity contribution in [1.82, 2.24) is 15.1 Å². The maximum absolute atomic E-state index is 12.6. The number of benzene rings is 2. The van der Waals surface area contributed by atoms with Crippen LogP contribution in [0.15, 0.2) is 59.4 Å². The average molecular weight is 364 g/mol. The van der Waals surface area contributed by atoms with E-state index in [0.29, 0.717) is 17.3 Å². The van der Waals surface area contributed by atoms with E-state index in [1.807, 2.05) is 18.2 Å². The summed E-state index contributed by atoms with van der Waals surface area (Å²) in [6, 6.07) is 17.3. The molecule has 1 heterocycles. The Kier molecular flexibility index (Phi) is 5.86. The van der Waals surface area contributed by atoms with Crippen LogP contribution in [-0.2, 0) is 7.05 Å². The second-order valence-corrected chi connectivity index (χ2v) is 6.35. The number of carbonyl (C=O) groups is 1. The van der Waals surface area contributed by atoms with Crippen molar-refractivity contribution in [2.45, 2.75) is 13.3 Å². The molecule has 0 aliphatic carbocycles. The first-order chi connectivity index (χ1) is 13.1. The molecule has 0 saturated heterocycles. The molecule has 3 aromatic rings. The third-order valence-electron chi connectivity index (χ3n) is 4.57. The molecule has 0 spiro atoms. The normalized spacial score (nSPS) is 10.7. The minimum Gasteiger partial charge on any atom is -0.372 e. The molecule has 140 valence electrons. The maximum Gasteiger partial charge on any atom is 0.274 e. The van der Waals surface area contributed by atoms with E-state index >= 15 is 0 Å². The Labute approximate surface area is 158 Å². The smallest absolute Gasteiger partial charge is 0.274 e. The molecule has 0 aliphatic heterocycles. The molecule has 1 aromatic heterocycles. The van der Waals surface area contributed by atoms with Gasteiger partial charge < -0.3 is 10.2 Å². The van der Waals surface area contributed by atoms with Crippen molar-refractivity contribution in [3.8, 4) is 0 Å². The van der Waals surface area contributed by atoms with E-state index in [0.717, 1.165) is 19.5 Å². The van der Waals surface area contributed by atoms with Gasteiger partial charge in [-0.05, 0) is 31.5 Å². The molecule has 0 radical (unpaired) electrons. The molecule has 3 rings (SSSR count). The summed E-state index contributed by atoms with van der Waals surface area (Å²) in [6.07, 6.45) is 0.818. The molecular formula is C21H24N4O2. The zero-order valence-corrected chi connectivity index (χ0v) is 15.7. The van der Waals surface area contributed by atoms with Crippen molar-refractivity contribution in [3.63, 3.8) is 0 Å². The number of hydrogen-bond donors (Lipinski definition) is 1. The van der Waals surface area contributed by atoms with Crippen LogP contribution in [0, 0.1) is 0 Å². The standard InChI is InChI=1S/C21H24N4O2/c1-3-25(16-10-5-4-6-11-16)15-9-14-22-20(26)19-17-12-7-8-13-18(17)21(27)24(2)23-19/h4-8,10-13H,3,9,14-15H2,1-2H3,(H,22,26). The highest BCUT2D eigenvalue weighted by molar-refractivity contribution is 6.04. The molecule has 0 saturated carbocycles. The summed E-state index contributed by atoms with van der Waals surface area (Å²) in [5.41, 5.74) is 1.25. The monoisotopic (exact) mass is 364 g/mol. The van der Waals surface area contributed by atoms with E-state index in [4.69, 9.17) is 0 Å². The summed E-state index contributed by atoms with van der Waals surface area (Å²) in [5, 5.41) is 8.17. The molecule has 27 heavy (non-hydrogen) atoms. The number of rotatable bonds is 7. The maximum atomic E-state index is 12.6. The molecule has 0 atom stereocenters. The van der Waals surface area contributed by atoms with Crippen LogP contribution >= 0.6 is 0 Å². The summed E-state index contributed by atoms with van der Waals surface area (Å²) < 4.78 is 1.21. The molecular weight excluding hydrogens is 340 g/mol. The van der Waals surface area contributed by atoms with Gasteiger partial charge in [0.15, 0.2) is 5.69 Å². The van der Waals surface area contributed by atoms with E-state index in [1.54, 1.807) is 31.3 Å². The van der Waals surface area contributed by atoms with Crippen molar-refractivity contribution in [1.29, 1.82) is 0 Å². The van der Waals surface area contributed by atoms with E-state index < -0.39 is 0 Å². The quantitative estimate of drug-likeness (QED) is 0.655. The number of anilines is 1. The molecule has 1 amide bonds. The van der Waals surface area contributed by atoms with E-state index in [2.05, 4.69) is 34.4 Å². The van der Waals surface area contributed by atoms with Gasteiger partial charge in [-0.1, -0.05) is 36.4 Å². The number of nitrogens with zero attached hydrogens (tertiary/aromatic N) is 3. The lowest BCUT2D eigenvalue weighted by atomic mass is 10.1. The van der Waals surface area contributed by atoms with E-state index in [9.17, 15) is 9.59 Å². The molecule has 6 nitrogen and oxygen atoms in total. The highest BCUT2D eigenvalue weighted by Crippen LogP contribution is 2.14. The van der Waals surface area contributed by atoms with Gasteiger partial charge in [-0.2, -0.15) is 5.10 Å². The lowest BCUT2D eigenvalue weighted by Gasteiger charge is -2.23. The number of aryl methyl sites for hydroxylation is 1. The van der Waals surface area contributed by atoms with E-state index in [-0.39, 0.29) is 17.2 Å². The Bertz CT molecular complexity index is 982. The zero-order valence-electron chi connectivity index (χ0n) is 15.7. The molecule has 2 aromatic carbocycles. The van der Waals surface area contributed by atoms with Crippen LogP contribution in [0.4, 0.5) is 5.69 Å². The molecule has 0 unspecified atom stereocenters. The Morgan fingerprint density at radius 2 is 1.74 bits per heavy atom. The molecule has 1 N–H and O–H groups in total. The minimum atomic E-state index is -0.260. The van der Waals surface area contributed by atoms with Crippen molar-refractivity contribution < 1.29 is 4.79 Å². The third-order valence-corrected chi connectivity index (χ3v) is 4.57. The second kappa shape index (κ2) is 8.49. The summed E-state index contributed by atoms with van der Waals surface area (Å²) in [4.78, 5) is 27.0. The van der Waals surface area contributed by atoms with Crippen LogP contribution in [0.5, 0.6) is 0 Å². The topological polar surface area (TPSA) is 67.2 Å². The first-order valence-corrected chi connectivity index (χ1v) is 9.16. The Morgan fingerprint density at radius 1 is 1.07 bits per heavy atom. The van der Waals surface area contributed by atoms with Gasteiger partial charge >= 0.3 is 0 Å². The molecule has 0 bridgehead atoms. The van der Waals surface area contributed by atoms with Crippen molar-refractivity contribution in [2.75, 3.05) is 24.5 Å². The van der Waals surface area contributed by atoms with Crippen molar-refractivity contribution in [3.05, 3.63) is 70.6 Å². The summed E-state index contributed by atoms with van der Waals surface area (Å²) in [5.74, 6) is -0.260. The van der Waals surface area contributed by atoms with Crippen LogP contribution in [0.1, 0.15) is 23.8 Å². The van der Waals surface area contributed by atoms with Crippen molar-refractivity contribution >= 4 is 22.4 Å². The van der Waals surface area contributed by atoms with Gasteiger partial charge in [0.25, 0.3) is 11.5 Å². The number of nitrogens with one attached hydrogen (secondary N) is 1. The van der Waals surface area contributed by atoms with Gasteiger partial charge in [-0.25, -0.2) is 4.68 Å². The number of para-hydroxylation sites is 1. The van der Waals surface area contributed by atoms with E-state index in [1.165, 1.54) is 10.4 Å². The highest BCUT2D eigenvalue weighted by atomic mass is 16.2. The SMILES string of the molecule is CCN(CCCNC(=O)c1nn(C)c(=O)c2ccccc12)c1ccccc1. The number of hydrogen-bond acceptors (Lipinski definition) is 4. The molecule has 6 heteroatoms. The molecule has 0 fully saturated rings. The van der Waals surface area contributed by atoms with Gasteiger partial charge in [0.2, 0.25) is 0 Å². The van der Waals surface area contributed by atoms with Gasteiger partial charge in [-0.15, -0.1) is 0 Å². The summed E-state index contributed by atoms with van der Waals surface area (Å²) >= 11 is 0. The Hall–Kier alpha value is -3.15. The lowest BCUT2D eigenvalue weighted by Crippen LogP contribution is -2.32. The van der Waals surface area contributed by atoms with Crippen LogP contribution in [0.25, 0.3) is 10.8 Å². The first kappa shape index (κ1) is 18.6. The van der Waals surface area contributed by atoms with Crippen LogP contribution in [-0.4, -0.2) is 35.3 Å². The fraction of sp³-hybridized carbons (Fsp3) is 0.286. The van der Waals surface area contributed by atoms with Crippen LogP contribution in [0.2, 0.25) is 0 Å². The fourth-order valence-electron chi connectivity index (χ4n) is 3.13. The minimum absolute atomic E-state index is 0.205. The fourth-order valence-corrected chi connectivity index (χ4v) is 3.13. The Balaban J connectivity index is 1.64. The number of carbonyl (C=O) groups excluding carboxylic acids is 1. The molecule has 0 aliphatic rings. The first-order valence-electron chi connectivity index (χ1n) is 9.16. The number of aromatic nitrogens is 2. The largest absolute Gasteiger partial charge is 0.372 e. The van der Waals surface area contributed by atoms with Gasteiger partial charge in [0.1, 0.15) is 0 Å². The second-order valence-electron chi connectivity index (χ2n) is 6.35. The predicted octanol–water partition coefficient (Wildman–Crippen LogP) is 2.58. The number of amides is 1. The van der Waals surface area contributed by atoms with Crippen molar-refractivity contribution in [2.24, 2.45) is 7.05 Å². The van der Waals surface area contributed by atoms with Crippen LogP contribution < -0.4 is 15.8 Å². The number of fused-ring (bicyclic) bond motifs is 1. The van der Waals surface area contributed by atoms with Gasteiger partial charge in [0, 0.05) is 37.8 Å². The Morgan fingerprint density at radius 3 is 2.44 bits per heavy atom. The van der Waals surface area contributed by atoms with Gasteiger partial charge in [-0.3, -0.25) is 9.59 Å². The highest BCUT2D eigenvalue weighted by Gasteiger charge is 2.15. The van der Waals surface area contributed by atoms with Gasteiger partial charge in [0.05, 0.1) is 5.39 Å². The summed E-state index contributed by atoms with van der Waals surface area (Å²) in [6.45, 7) is 4.42. The lowest BCUT2D eigenvalue weighted by molar-refractivity contribution is 0.0948. The predicted molar refractivity (Wildman–Crippen MR) is 108 cm³/mol. The average Bonchev–Trinajstić information content (AvgIpc) is 2.71. The third kappa shape index (κ3) is 4.16. The summed E-state index contributed by atoms with van der Waals surface area (Å²) in [7, 11) is 1.56.